The number of rotatable bonds is 5. The van der Waals surface area contributed by atoms with Crippen LogP contribution in [0.2, 0.25) is 0 Å². The van der Waals surface area contributed by atoms with E-state index in [-0.39, 0.29) is 18.0 Å². The zero-order chi connectivity index (χ0) is 16.1. The summed E-state index contributed by atoms with van der Waals surface area (Å²) in [5.41, 5.74) is 0.916. The van der Waals surface area contributed by atoms with E-state index in [9.17, 15) is 9.59 Å². The highest BCUT2D eigenvalue weighted by atomic mass is 16.2. The zero-order valence-corrected chi connectivity index (χ0v) is 12.9. The summed E-state index contributed by atoms with van der Waals surface area (Å²) in [6, 6.07) is 13.5. The van der Waals surface area contributed by atoms with Crippen molar-refractivity contribution >= 4 is 11.6 Å². The number of para-hydroxylation sites is 1. The van der Waals surface area contributed by atoms with E-state index in [0.717, 1.165) is 19.4 Å². The fourth-order valence-electron chi connectivity index (χ4n) is 2.94. The van der Waals surface area contributed by atoms with Crippen LogP contribution in [0.25, 0.3) is 0 Å². The molecule has 2 aromatic rings. The number of benzene rings is 1. The lowest BCUT2D eigenvalue weighted by atomic mass is 10.2. The van der Waals surface area contributed by atoms with Gasteiger partial charge in [-0.3, -0.25) is 9.59 Å². The molecule has 1 aliphatic heterocycles. The molecule has 0 unspecified atom stereocenters. The first-order valence-electron chi connectivity index (χ1n) is 7.84. The maximum atomic E-state index is 12.0. The van der Waals surface area contributed by atoms with Gasteiger partial charge >= 0.3 is 0 Å². The lowest BCUT2D eigenvalue weighted by Gasteiger charge is -2.27. The minimum atomic E-state index is -0.269. The molecule has 0 radical (unpaired) electrons. The average Bonchev–Trinajstić information content (AvgIpc) is 3.04. The number of amides is 1. The van der Waals surface area contributed by atoms with Crippen LogP contribution in [-0.2, 0) is 11.3 Å². The molecule has 1 fully saturated rings. The van der Waals surface area contributed by atoms with Crippen LogP contribution in [0.5, 0.6) is 0 Å². The van der Waals surface area contributed by atoms with Crippen molar-refractivity contribution < 1.29 is 4.79 Å². The molecule has 0 saturated carbocycles. The molecular weight excluding hydrogens is 292 g/mol. The maximum Gasteiger partial charge on any atom is 0.267 e. The third kappa shape index (κ3) is 3.77. The standard InChI is InChI=1S/C17H20N4O2/c22-16(13-21-17(23)9-4-10-19-21)18-12-15-8-5-11-20(15)14-6-2-1-3-7-14/h1-4,6-7,9-10,15H,5,8,11-13H2,(H,18,22)/t15-/m1/s1. The van der Waals surface area contributed by atoms with Crippen LogP contribution in [0.3, 0.4) is 0 Å². The van der Waals surface area contributed by atoms with Gasteiger partial charge in [0.1, 0.15) is 6.54 Å². The van der Waals surface area contributed by atoms with Gasteiger partial charge in [0, 0.05) is 37.1 Å². The minimum Gasteiger partial charge on any atom is -0.367 e. The molecule has 1 amide bonds. The lowest BCUT2D eigenvalue weighted by Crippen LogP contribution is -2.42. The molecule has 1 aliphatic rings. The van der Waals surface area contributed by atoms with Gasteiger partial charge in [0.2, 0.25) is 5.91 Å². The molecule has 1 atom stereocenters. The summed E-state index contributed by atoms with van der Waals surface area (Å²) in [5, 5.41) is 6.81. The largest absolute Gasteiger partial charge is 0.367 e. The quantitative estimate of drug-likeness (QED) is 0.895. The number of nitrogens with one attached hydrogen (secondary N) is 1. The molecule has 2 heterocycles. The van der Waals surface area contributed by atoms with Crippen molar-refractivity contribution in [2.75, 3.05) is 18.0 Å². The molecule has 1 saturated heterocycles. The summed E-state index contributed by atoms with van der Waals surface area (Å²) in [7, 11) is 0. The van der Waals surface area contributed by atoms with Crippen LogP contribution in [0.4, 0.5) is 5.69 Å². The van der Waals surface area contributed by atoms with Crippen LogP contribution < -0.4 is 15.8 Å². The van der Waals surface area contributed by atoms with E-state index in [1.54, 1.807) is 6.07 Å². The summed E-state index contributed by atoms with van der Waals surface area (Å²) in [5.74, 6) is -0.189. The predicted molar refractivity (Wildman–Crippen MR) is 88.3 cm³/mol. The van der Waals surface area contributed by atoms with E-state index in [1.165, 1.54) is 22.6 Å². The van der Waals surface area contributed by atoms with Crippen molar-refractivity contribution in [3.05, 3.63) is 59.0 Å². The van der Waals surface area contributed by atoms with Crippen LogP contribution >= 0.6 is 0 Å². The second kappa shape index (κ2) is 7.09. The first-order valence-corrected chi connectivity index (χ1v) is 7.84. The van der Waals surface area contributed by atoms with Gasteiger partial charge in [-0.2, -0.15) is 5.10 Å². The van der Waals surface area contributed by atoms with Crippen molar-refractivity contribution in [2.24, 2.45) is 0 Å². The van der Waals surface area contributed by atoms with Crippen LogP contribution in [0, 0.1) is 0 Å². The van der Waals surface area contributed by atoms with Gasteiger partial charge in [-0.05, 0) is 31.0 Å². The molecule has 0 bridgehead atoms. The van der Waals surface area contributed by atoms with Crippen molar-refractivity contribution in [2.45, 2.75) is 25.4 Å². The van der Waals surface area contributed by atoms with Gasteiger partial charge in [0.25, 0.3) is 5.56 Å². The number of hydrogen-bond acceptors (Lipinski definition) is 4. The molecule has 0 spiro atoms. The van der Waals surface area contributed by atoms with E-state index in [1.807, 2.05) is 18.2 Å². The molecular formula is C17H20N4O2. The number of nitrogens with zero attached hydrogens (tertiary/aromatic N) is 3. The second-order valence-corrected chi connectivity index (χ2v) is 5.65. The fourth-order valence-corrected chi connectivity index (χ4v) is 2.94. The highest BCUT2D eigenvalue weighted by Gasteiger charge is 2.24. The molecule has 6 nitrogen and oxygen atoms in total. The Bertz CT molecular complexity index is 714. The first kappa shape index (κ1) is 15.3. The lowest BCUT2D eigenvalue weighted by molar-refractivity contribution is -0.121. The Balaban J connectivity index is 1.56. The van der Waals surface area contributed by atoms with Gasteiger partial charge in [-0.25, -0.2) is 4.68 Å². The van der Waals surface area contributed by atoms with Crippen molar-refractivity contribution in [3.8, 4) is 0 Å². The maximum absolute atomic E-state index is 12.0. The summed E-state index contributed by atoms with van der Waals surface area (Å²) < 4.78 is 1.17. The normalized spacial score (nSPS) is 17.2. The number of carbonyl (C=O) groups is 1. The van der Waals surface area contributed by atoms with Gasteiger partial charge in [-0.1, -0.05) is 18.2 Å². The molecule has 120 valence electrons. The third-order valence-electron chi connectivity index (χ3n) is 4.08. The highest BCUT2D eigenvalue weighted by molar-refractivity contribution is 5.75. The molecule has 1 aromatic carbocycles. The van der Waals surface area contributed by atoms with E-state index in [2.05, 4.69) is 27.4 Å². The van der Waals surface area contributed by atoms with Gasteiger partial charge in [0.15, 0.2) is 0 Å². The summed E-state index contributed by atoms with van der Waals surface area (Å²) in [4.78, 5) is 25.9. The zero-order valence-electron chi connectivity index (χ0n) is 12.9. The summed E-state index contributed by atoms with van der Waals surface area (Å²) in [6.45, 7) is 1.54. The Morgan fingerprint density at radius 2 is 2.04 bits per heavy atom. The molecule has 3 rings (SSSR count). The molecule has 1 N–H and O–H groups in total. The number of hydrogen-bond donors (Lipinski definition) is 1. The van der Waals surface area contributed by atoms with Gasteiger partial charge in [0.05, 0.1) is 0 Å². The smallest absolute Gasteiger partial charge is 0.267 e. The highest BCUT2D eigenvalue weighted by Crippen LogP contribution is 2.24. The Kier molecular flexibility index (Phi) is 4.71. The first-order chi connectivity index (χ1) is 11.2. The number of aromatic nitrogens is 2. The van der Waals surface area contributed by atoms with Crippen molar-refractivity contribution in [1.82, 2.24) is 15.1 Å². The minimum absolute atomic E-state index is 0.0439. The SMILES string of the molecule is O=C(Cn1ncccc1=O)NC[C@H]1CCCN1c1ccccc1. The van der Waals surface area contributed by atoms with Crippen LogP contribution in [0.1, 0.15) is 12.8 Å². The molecule has 1 aromatic heterocycles. The molecule has 6 heteroatoms. The van der Waals surface area contributed by atoms with Crippen LogP contribution in [-0.4, -0.2) is 34.8 Å². The predicted octanol–water partition coefficient (Wildman–Crippen LogP) is 1.03. The number of carbonyl (C=O) groups excluding carboxylic acids is 1. The van der Waals surface area contributed by atoms with E-state index < -0.39 is 0 Å². The third-order valence-corrected chi connectivity index (χ3v) is 4.08. The molecule has 23 heavy (non-hydrogen) atoms. The average molecular weight is 312 g/mol. The Hall–Kier alpha value is -2.63. The van der Waals surface area contributed by atoms with Gasteiger partial charge in [-0.15, -0.1) is 0 Å². The van der Waals surface area contributed by atoms with Gasteiger partial charge < -0.3 is 10.2 Å². The Morgan fingerprint density at radius 3 is 2.83 bits per heavy atom. The summed E-state index contributed by atoms with van der Waals surface area (Å²) >= 11 is 0. The fraction of sp³-hybridized carbons (Fsp3) is 0.353. The monoisotopic (exact) mass is 312 g/mol. The van der Waals surface area contributed by atoms with Crippen LogP contribution in [0.15, 0.2) is 53.5 Å². The van der Waals surface area contributed by atoms with E-state index in [4.69, 9.17) is 0 Å². The van der Waals surface area contributed by atoms with E-state index >= 15 is 0 Å². The number of anilines is 1. The van der Waals surface area contributed by atoms with E-state index in [0.29, 0.717) is 12.6 Å². The van der Waals surface area contributed by atoms with Crippen molar-refractivity contribution in [1.29, 1.82) is 0 Å². The molecule has 0 aliphatic carbocycles. The topological polar surface area (TPSA) is 67.2 Å². The second-order valence-electron chi connectivity index (χ2n) is 5.65. The Labute approximate surface area is 134 Å². The van der Waals surface area contributed by atoms with Crippen molar-refractivity contribution in [3.63, 3.8) is 0 Å². The summed E-state index contributed by atoms with van der Waals surface area (Å²) in [6.07, 6.45) is 3.68. The Morgan fingerprint density at radius 1 is 1.22 bits per heavy atom.